The Kier molecular flexibility index (Phi) is 11.9. The van der Waals surface area contributed by atoms with Gasteiger partial charge in [0.25, 0.3) is 0 Å². The lowest BCUT2D eigenvalue weighted by Crippen LogP contribution is -2.22. The van der Waals surface area contributed by atoms with Crippen molar-refractivity contribution >= 4 is 5.97 Å². The van der Waals surface area contributed by atoms with Crippen LogP contribution in [0.15, 0.2) is 60.9 Å². The molecule has 0 aliphatic heterocycles. The molecule has 3 rings (SSSR count). The van der Waals surface area contributed by atoms with Gasteiger partial charge in [-0.3, -0.25) is 4.79 Å². The molecule has 2 aromatic carbocycles. The molecule has 1 aromatic heterocycles. The van der Waals surface area contributed by atoms with Crippen LogP contribution in [0.2, 0.25) is 0 Å². The quantitative estimate of drug-likeness (QED) is 0.147. The highest BCUT2D eigenvalue weighted by molar-refractivity contribution is 5.69. The summed E-state index contributed by atoms with van der Waals surface area (Å²) in [6.07, 6.45) is 11.2. The van der Waals surface area contributed by atoms with Crippen molar-refractivity contribution in [3.8, 4) is 34.0 Å². The molecule has 0 aliphatic rings. The standard InChI is InChI=1S/C31H40N2O4/c1-4-6-8-10-20-35-28-18-16-26(17-19-28)25-12-14-27(15-13-25)31-32-21-29(22-33-31)36-23-24(3)37-30(34)11-9-7-5-2/h12-19,21-22,24H,4-11,20,23H2,1-3H3/t24-/m0/s1. The summed E-state index contributed by atoms with van der Waals surface area (Å²) in [4.78, 5) is 20.7. The lowest BCUT2D eigenvalue weighted by Gasteiger charge is -2.14. The summed E-state index contributed by atoms with van der Waals surface area (Å²) in [5.41, 5.74) is 3.18. The van der Waals surface area contributed by atoms with Gasteiger partial charge in [-0.1, -0.05) is 82.3 Å². The molecule has 1 heterocycles. The summed E-state index contributed by atoms with van der Waals surface area (Å²) in [7, 11) is 0. The van der Waals surface area contributed by atoms with Gasteiger partial charge in [0, 0.05) is 12.0 Å². The second kappa shape index (κ2) is 15.6. The third kappa shape index (κ3) is 9.87. The summed E-state index contributed by atoms with van der Waals surface area (Å²) in [6.45, 7) is 7.18. The predicted octanol–water partition coefficient (Wildman–Crippen LogP) is 7.66. The first-order valence-electron chi connectivity index (χ1n) is 13.6. The van der Waals surface area contributed by atoms with Crippen molar-refractivity contribution in [1.29, 1.82) is 0 Å². The van der Waals surface area contributed by atoms with Crippen LogP contribution < -0.4 is 9.47 Å². The number of carbonyl (C=O) groups excluding carboxylic acids is 1. The summed E-state index contributed by atoms with van der Waals surface area (Å²) in [5.74, 6) is 1.90. The Hall–Kier alpha value is -3.41. The number of esters is 1. The summed E-state index contributed by atoms with van der Waals surface area (Å²) < 4.78 is 16.9. The van der Waals surface area contributed by atoms with Gasteiger partial charge in [-0.15, -0.1) is 0 Å². The van der Waals surface area contributed by atoms with E-state index in [1.165, 1.54) is 19.3 Å². The summed E-state index contributed by atoms with van der Waals surface area (Å²) in [5, 5.41) is 0. The van der Waals surface area contributed by atoms with Crippen LogP contribution in [-0.2, 0) is 9.53 Å². The van der Waals surface area contributed by atoms with Crippen molar-refractivity contribution in [3.05, 3.63) is 60.9 Å². The first-order chi connectivity index (χ1) is 18.1. The van der Waals surface area contributed by atoms with Gasteiger partial charge in [0.15, 0.2) is 11.6 Å². The van der Waals surface area contributed by atoms with E-state index in [-0.39, 0.29) is 18.7 Å². The Morgan fingerprint density at radius 1 is 0.730 bits per heavy atom. The highest BCUT2D eigenvalue weighted by Crippen LogP contribution is 2.25. The molecule has 37 heavy (non-hydrogen) atoms. The number of rotatable bonds is 16. The van der Waals surface area contributed by atoms with Gasteiger partial charge in [0.1, 0.15) is 18.5 Å². The minimum absolute atomic E-state index is 0.179. The van der Waals surface area contributed by atoms with Crippen molar-refractivity contribution in [2.45, 2.75) is 78.2 Å². The minimum atomic E-state index is -0.326. The number of hydrogen-bond acceptors (Lipinski definition) is 6. The zero-order valence-corrected chi connectivity index (χ0v) is 22.4. The van der Waals surface area contributed by atoms with E-state index in [1.54, 1.807) is 12.4 Å². The maximum absolute atomic E-state index is 11.8. The zero-order valence-electron chi connectivity index (χ0n) is 22.4. The van der Waals surface area contributed by atoms with E-state index in [2.05, 4.69) is 48.1 Å². The molecule has 0 saturated carbocycles. The number of nitrogens with zero attached hydrogens (tertiary/aromatic N) is 2. The number of unbranched alkanes of at least 4 members (excludes halogenated alkanes) is 5. The number of ether oxygens (including phenoxy) is 3. The highest BCUT2D eigenvalue weighted by Gasteiger charge is 2.11. The summed E-state index contributed by atoms with van der Waals surface area (Å²) in [6, 6.07) is 16.4. The molecule has 0 unspecified atom stereocenters. The van der Waals surface area contributed by atoms with Crippen LogP contribution in [0.5, 0.6) is 11.5 Å². The lowest BCUT2D eigenvalue weighted by atomic mass is 10.0. The molecule has 0 radical (unpaired) electrons. The third-order valence-corrected chi connectivity index (χ3v) is 6.03. The molecular weight excluding hydrogens is 464 g/mol. The zero-order chi connectivity index (χ0) is 26.3. The second-order valence-electron chi connectivity index (χ2n) is 9.32. The fourth-order valence-electron chi connectivity index (χ4n) is 3.86. The van der Waals surface area contributed by atoms with Crippen LogP contribution in [0.4, 0.5) is 0 Å². The first kappa shape index (κ1) is 28.2. The predicted molar refractivity (Wildman–Crippen MR) is 148 cm³/mol. The van der Waals surface area contributed by atoms with Crippen molar-refractivity contribution < 1.29 is 19.0 Å². The second-order valence-corrected chi connectivity index (χ2v) is 9.32. The van der Waals surface area contributed by atoms with Gasteiger partial charge in [-0.05, 0) is 43.0 Å². The number of aromatic nitrogens is 2. The van der Waals surface area contributed by atoms with E-state index in [4.69, 9.17) is 14.2 Å². The van der Waals surface area contributed by atoms with E-state index in [0.717, 1.165) is 54.7 Å². The van der Waals surface area contributed by atoms with E-state index >= 15 is 0 Å². The molecule has 0 spiro atoms. The fourth-order valence-corrected chi connectivity index (χ4v) is 3.86. The third-order valence-electron chi connectivity index (χ3n) is 6.03. The van der Waals surface area contributed by atoms with Gasteiger partial charge in [0.2, 0.25) is 0 Å². The molecule has 0 aliphatic carbocycles. The molecule has 0 bridgehead atoms. The topological polar surface area (TPSA) is 70.5 Å². The van der Waals surface area contributed by atoms with Crippen molar-refractivity contribution in [2.75, 3.05) is 13.2 Å². The van der Waals surface area contributed by atoms with Crippen LogP contribution in [-0.4, -0.2) is 35.3 Å². The van der Waals surface area contributed by atoms with Crippen molar-refractivity contribution in [2.24, 2.45) is 0 Å². The molecule has 0 saturated heterocycles. The summed E-state index contributed by atoms with van der Waals surface area (Å²) >= 11 is 0. The Labute approximate surface area is 221 Å². The molecule has 0 amide bonds. The lowest BCUT2D eigenvalue weighted by molar-refractivity contribution is -0.149. The average molecular weight is 505 g/mol. The molecule has 0 fully saturated rings. The normalized spacial score (nSPS) is 11.6. The monoisotopic (exact) mass is 504 g/mol. The number of hydrogen-bond donors (Lipinski definition) is 0. The van der Waals surface area contributed by atoms with Gasteiger partial charge < -0.3 is 14.2 Å². The Bertz CT molecular complexity index is 1050. The smallest absolute Gasteiger partial charge is 0.306 e. The van der Waals surface area contributed by atoms with E-state index in [9.17, 15) is 4.79 Å². The maximum Gasteiger partial charge on any atom is 0.306 e. The number of carbonyl (C=O) groups is 1. The molecule has 198 valence electrons. The van der Waals surface area contributed by atoms with Crippen molar-refractivity contribution in [3.63, 3.8) is 0 Å². The SMILES string of the molecule is CCCCCCOc1ccc(-c2ccc(-c3ncc(OC[C@H](C)OC(=O)CCCCC)cn3)cc2)cc1. The van der Waals surface area contributed by atoms with E-state index < -0.39 is 0 Å². The Morgan fingerprint density at radius 3 is 1.97 bits per heavy atom. The van der Waals surface area contributed by atoms with Crippen LogP contribution in [0.3, 0.4) is 0 Å². The highest BCUT2D eigenvalue weighted by atomic mass is 16.6. The maximum atomic E-state index is 11.8. The number of benzene rings is 2. The van der Waals surface area contributed by atoms with Gasteiger partial charge >= 0.3 is 5.97 Å². The van der Waals surface area contributed by atoms with Gasteiger partial charge in [0.05, 0.1) is 19.0 Å². The fraction of sp³-hybridized carbons (Fsp3) is 0.452. The minimum Gasteiger partial charge on any atom is -0.494 e. The molecule has 1 atom stereocenters. The van der Waals surface area contributed by atoms with Crippen LogP contribution in [0, 0.1) is 0 Å². The molecule has 6 nitrogen and oxygen atoms in total. The average Bonchev–Trinajstić information content (AvgIpc) is 2.93. The van der Waals surface area contributed by atoms with E-state index in [1.807, 2.05) is 31.2 Å². The van der Waals surface area contributed by atoms with Gasteiger partial charge in [-0.2, -0.15) is 0 Å². The van der Waals surface area contributed by atoms with Crippen LogP contribution >= 0.6 is 0 Å². The van der Waals surface area contributed by atoms with Crippen LogP contribution in [0.1, 0.15) is 72.1 Å². The molecule has 6 heteroatoms. The Balaban J connectivity index is 1.47. The van der Waals surface area contributed by atoms with E-state index in [0.29, 0.717) is 18.0 Å². The largest absolute Gasteiger partial charge is 0.494 e. The van der Waals surface area contributed by atoms with Gasteiger partial charge in [-0.25, -0.2) is 9.97 Å². The molecule has 3 aromatic rings. The Morgan fingerprint density at radius 2 is 1.32 bits per heavy atom. The molecule has 0 N–H and O–H groups in total. The van der Waals surface area contributed by atoms with Crippen molar-refractivity contribution in [1.82, 2.24) is 9.97 Å². The molecular formula is C31H40N2O4. The first-order valence-corrected chi connectivity index (χ1v) is 13.6. The van der Waals surface area contributed by atoms with Crippen LogP contribution in [0.25, 0.3) is 22.5 Å².